The molecule has 1 saturated heterocycles. The Morgan fingerprint density at radius 1 is 1.07 bits per heavy atom. The maximum absolute atomic E-state index is 14.0. The predicted octanol–water partition coefficient (Wildman–Crippen LogP) is 2.44. The lowest BCUT2D eigenvalue weighted by molar-refractivity contribution is 0.0951. The van der Waals surface area contributed by atoms with Crippen LogP contribution in [0.4, 0.5) is 10.1 Å². The summed E-state index contributed by atoms with van der Waals surface area (Å²) in [4.78, 5) is 18.8. The van der Waals surface area contributed by atoms with E-state index in [1.807, 2.05) is 49.3 Å². The Hall–Kier alpha value is -2.44. The summed E-state index contributed by atoms with van der Waals surface area (Å²) in [6, 6.07) is 14.8. The highest BCUT2D eigenvalue weighted by Crippen LogP contribution is 2.20. The first kappa shape index (κ1) is 20.3. The molecule has 0 atom stereocenters. The number of piperazine rings is 1. The van der Waals surface area contributed by atoms with Gasteiger partial charge in [-0.1, -0.05) is 24.3 Å². The van der Waals surface area contributed by atoms with Gasteiger partial charge in [0.05, 0.1) is 5.69 Å². The lowest BCUT2D eigenvalue weighted by Gasteiger charge is -2.36. The van der Waals surface area contributed by atoms with Crippen molar-refractivity contribution in [1.82, 2.24) is 15.1 Å². The zero-order chi connectivity index (χ0) is 19.9. The van der Waals surface area contributed by atoms with Crippen LogP contribution in [0.2, 0.25) is 0 Å². The first-order valence-electron chi connectivity index (χ1n) is 9.76. The first-order valence-corrected chi connectivity index (χ1v) is 9.76. The van der Waals surface area contributed by atoms with Crippen molar-refractivity contribution in [2.75, 3.05) is 58.3 Å². The summed E-state index contributed by atoms with van der Waals surface area (Å²) in [6.07, 6.45) is 0. The van der Waals surface area contributed by atoms with E-state index in [2.05, 4.69) is 21.2 Å². The molecular formula is C22H29FN4O. The van der Waals surface area contributed by atoms with Gasteiger partial charge in [0.1, 0.15) is 5.82 Å². The molecule has 1 aliphatic rings. The van der Waals surface area contributed by atoms with E-state index in [-0.39, 0.29) is 11.7 Å². The van der Waals surface area contributed by atoms with E-state index in [9.17, 15) is 9.18 Å². The molecule has 0 spiro atoms. The van der Waals surface area contributed by atoms with Gasteiger partial charge in [-0.15, -0.1) is 0 Å². The predicted molar refractivity (Wildman–Crippen MR) is 111 cm³/mol. The highest BCUT2D eigenvalue weighted by Gasteiger charge is 2.19. The zero-order valence-corrected chi connectivity index (χ0v) is 16.7. The summed E-state index contributed by atoms with van der Waals surface area (Å²) >= 11 is 0. The molecule has 2 aromatic carbocycles. The fourth-order valence-electron chi connectivity index (χ4n) is 3.42. The SMILES string of the molecule is CN(C)CCNC(=O)c1cccc(CN2CCN(c3ccccc3F)CC2)c1. The van der Waals surface area contributed by atoms with Gasteiger partial charge in [0.2, 0.25) is 0 Å². The van der Waals surface area contributed by atoms with Crippen molar-refractivity contribution >= 4 is 11.6 Å². The van der Waals surface area contributed by atoms with Gasteiger partial charge < -0.3 is 15.1 Å². The molecule has 1 amide bonds. The molecule has 1 N–H and O–H groups in total. The summed E-state index contributed by atoms with van der Waals surface area (Å²) in [5.74, 6) is -0.197. The molecule has 1 heterocycles. The molecule has 2 aromatic rings. The van der Waals surface area contributed by atoms with Gasteiger partial charge in [0.15, 0.2) is 0 Å². The minimum atomic E-state index is -0.163. The number of halogens is 1. The minimum absolute atomic E-state index is 0.0342. The molecular weight excluding hydrogens is 355 g/mol. The number of carbonyl (C=O) groups is 1. The summed E-state index contributed by atoms with van der Waals surface area (Å²) in [5.41, 5.74) is 2.50. The van der Waals surface area contributed by atoms with Crippen LogP contribution >= 0.6 is 0 Å². The van der Waals surface area contributed by atoms with Crippen molar-refractivity contribution in [3.63, 3.8) is 0 Å². The second-order valence-electron chi connectivity index (χ2n) is 7.47. The monoisotopic (exact) mass is 384 g/mol. The van der Waals surface area contributed by atoms with Crippen LogP contribution in [-0.2, 0) is 6.54 Å². The van der Waals surface area contributed by atoms with E-state index in [1.54, 1.807) is 6.07 Å². The van der Waals surface area contributed by atoms with Crippen molar-refractivity contribution in [2.45, 2.75) is 6.54 Å². The Kier molecular flexibility index (Phi) is 7.01. The standard InChI is InChI=1S/C22H29FN4O/c1-25(2)11-10-24-22(28)19-7-5-6-18(16-19)17-26-12-14-27(15-13-26)21-9-4-3-8-20(21)23/h3-9,16H,10-15,17H2,1-2H3,(H,24,28). The third-order valence-electron chi connectivity index (χ3n) is 5.01. The number of rotatable bonds is 7. The molecule has 0 aliphatic carbocycles. The normalized spacial score (nSPS) is 15.1. The van der Waals surface area contributed by atoms with E-state index in [0.717, 1.165) is 44.8 Å². The molecule has 3 rings (SSSR count). The molecule has 28 heavy (non-hydrogen) atoms. The molecule has 0 unspecified atom stereocenters. The fraction of sp³-hybridized carbons (Fsp3) is 0.409. The Balaban J connectivity index is 1.52. The molecule has 1 fully saturated rings. The van der Waals surface area contributed by atoms with Crippen LogP contribution in [0.25, 0.3) is 0 Å². The van der Waals surface area contributed by atoms with E-state index >= 15 is 0 Å². The number of nitrogens with one attached hydrogen (secondary N) is 1. The van der Waals surface area contributed by atoms with Crippen molar-refractivity contribution in [3.05, 3.63) is 65.5 Å². The summed E-state index contributed by atoms with van der Waals surface area (Å²) < 4.78 is 14.0. The average molecular weight is 384 g/mol. The van der Waals surface area contributed by atoms with Crippen LogP contribution in [-0.4, -0.2) is 69.1 Å². The number of anilines is 1. The first-order chi connectivity index (χ1) is 13.5. The summed E-state index contributed by atoms with van der Waals surface area (Å²) in [5, 5.41) is 2.95. The molecule has 0 saturated carbocycles. The van der Waals surface area contributed by atoms with Gasteiger partial charge in [-0.3, -0.25) is 9.69 Å². The maximum Gasteiger partial charge on any atom is 0.251 e. The van der Waals surface area contributed by atoms with Gasteiger partial charge in [-0.05, 0) is 43.9 Å². The van der Waals surface area contributed by atoms with Gasteiger partial charge in [-0.25, -0.2) is 4.39 Å². The second kappa shape index (κ2) is 9.66. The molecule has 5 nitrogen and oxygen atoms in total. The van der Waals surface area contributed by atoms with Crippen molar-refractivity contribution in [2.24, 2.45) is 0 Å². The number of nitrogens with zero attached hydrogens (tertiary/aromatic N) is 3. The average Bonchev–Trinajstić information content (AvgIpc) is 2.69. The van der Waals surface area contributed by atoms with E-state index in [0.29, 0.717) is 17.8 Å². The molecule has 6 heteroatoms. The minimum Gasteiger partial charge on any atom is -0.367 e. The number of para-hydroxylation sites is 1. The number of likely N-dealkylation sites (N-methyl/N-ethyl adjacent to an activating group) is 1. The van der Waals surface area contributed by atoms with Gasteiger partial charge in [-0.2, -0.15) is 0 Å². The third kappa shape index (κ3) is 5.53. The van der Waals surface area contributed by atoms with E-state index < -0.39 is 0 Å². The molecule has 0 radical (unpaired) electrons. The van der Waals surface area contributed by atoms with Crippen LogP contribution in [0.5, 0.6) is 0 Å². The summed E-state index contributed by atoms with van der Waals surface area (Å²) in [7, 11) is 3.97. The fourth-order valence-corrected chi connectivity index (χ4v) is 3.42. The topological polar surface area (TPSA) is 38.8 Å². The van der Waals surface area contributed by atoms with Gasteiger partial charge >= 0.3 is 0 Å². The van der Waals surface area contributed by atoms with Crippen LogP contribution < -0.4 is 10.2 Å². The highest BCUT2D eigenvalue weighted by molar-refractivity contribution is 5.94. The second-order valence-corrected chi connectivity index (χ2v) is 7.47. The molecule has 0 bridgehead atoms. The summed E-state index contributed by atoms with van der Waals surface area (Å²) in [6.45, 7) is 5.58. The van der Waals surface area contributed by atoms with Gasteiger partial charge in [0, 0.05) is 51.4 Å². The Bertz CT molecular complexity index is 788. The lowest BCUT2D eigenvalue weighted by atomic mass is 10.1. The van der Waals surface area contributed by atoms with Crippen LogP contribution in [0.3, 0.4) is 0 Å². The van der Waals surface area contributed by atoms with Crippen LogP contribution in [0.15, 0.2) is 48.5 Å². The van der Waals surface area contributed by atoms with E-state index in [1.165, 1.54) is 6.07 Å². The Labute approximate surface area is 166 Å². The Morgan fingerprint density at radius 2 is 1.82 bits per heavy atom. The molecule has 0 aromatic heterocycles. The third-order valence-corrected chi connectivity index (χ3v) is 5.01. The molecule has 150 valence electrons. The number of carbonyl (C=O) groups excluding carboxylic acids is 1. The maximum atomic E-state index is 14.0. The lowest BCUT2D eigenvalue weighted by Crippen LogP contribution is -2.46. The highest BCUT2D eigenvalue weighted by atomic mass is 19.1. The van der Waals surface area contributed by atoms with Crippen molar-refractivity contribution in [3.8, 4) is 0 Å². The van der Waals surface area contributed by atoms with Gasteiger partial charge in [0.25, 0.3) is 5.91 Å². The van der Waals surface area contributed by atoms with E-state index in [4.69, 9.17) is 0 Å². The smallest absolute Gasteiger partial charge is 0.251 e. The van der Waals surface area contributed by atoms with Crippen LogP contribution in [0.1, 0.15) is 15.9 Å². The zero-order valence-electron chi connectivity index (χ0n) is 16.7. The quantitative estimate of drug-likeness (QED) is 0.796. The Morgan fingerprint density at radius 3 is 2.54 bits per heavy atom. The number of hydrogen-bond acceptors (Lipinski definition) is 4. The van der Waals surface area contributed by atoms with Crippen LogP contribution in [0, 0.1) is 5.82 Å². The number of hydrogen-bond donors (Lipinski definition) is 1. The number of benzene rings is 2. The van der Waals surface area contributed by atoms with Crippen molar-refractivity contribution < 1.29 is 9.18 Å². The molecule has 1 aliphatic heterocycles. The number of amides is 1. The van der Waals surface area contributed by atoms with Crippen molar-refractivity contribution in [1.29, 1.82) is 0 Å². The largest absolute Gasteiger partial charge is 0.367 e.